The number of ether oxygens (including phenoxy) is 1. The molecule has 0 aliphatic carbocycles. The van der Waals surface area contributed by atoms with Gasteiger partial charge in [0.15, 0.2) is 0 Å². The fraction of sp³-hybridized carbons (Fsp3) is 0.480. The molecule has 2 aliphatic rings. The molecule has 0 aromatic heterocycles. The highest BCUT2D eigenvalue weighted by Gasteiger charge is 2.43. The Kier molecular flexibility index (Phi) is 6.38. The van der Waals surface area contributed by atoms with Gasteiger partial charge in [-0.1, -0.05) is 30.3 Å². The summed E-state index contributed by atoms with van der Waals surface area (Å²) in [5.74, 6) is -0.448. The summed E-state index contributed by atoms with van der Waals surface area (Å²) >= 11 is 0. The van der Waals surface area contributed by atoms with Crippen LogP contribution in [0.4, 0.5) is 10.1 Å². The van der Waals surface area contributed by atoms with E-state index in [1.165, 1.54) is 31.0 Å². The lowest BCUT2D eigenvalue weighted by atomic mass is 9.73. The molecule has 4 nitrogen and oxygen atoms in total. The molecule has 30 heavy (non-hydrogen) atoms. The highest BCUT2D eigenvalue weighted by Crippen LogP contribution is 2.37. The predicted molar refractivity (Wildman–Crippen MR) is 117 cm³/mol. The van der Waals surface area contributed by atoms with Crippen molar-refractivity contribution in [2.24, 2.45) is 0 Å². The van der Waals surface area contributed by atoms with Crippen molar-refractivity contribution in [2.45, 2.75) is 50.5 Å². The second-order valence-electron chi connectivity index (χ2n) is 8.51. The number of halogens is 1. The lowest BCUT2D eigenvalue weighted by Gasteiger charge is -2.37. The quantitative estimate of drug-likeness (QED) is 0.774. The van der Waals surface area contributed by atoms with E-state index in [0.29, 0.717) is 31.6 Å². The second-order valence-corrected chi connectivity index (χ2v) is 8.51. The number of anilines is 1. The Labute approximate surface area is 178 Å². The number of hydrogen-bond donors (Lipinski definition) is 1. The summed E-state index contributed by atoms with van der Waals surface area (Å²) < 4.78 is 20.1. The largest absolute Gasteiger partial charge is 0.381 e. The maximum absolute atomic E-state index is 14.6. The summed E-state index contributed by atoms with van der Waals surface area (Å²) in [7, 11) is 0. The van der Waals surface area contributed by atoms with Crippen LogP contribution in [-0.4, -0.2) is 32.2 Å². The van der Waals surface area contributed by atoms with Gasteiger partial charge in [-0.3, -0.25) is 4.79 Å². The van der Waals surface area contributed by atoms with Gasteiger partial charge < -0.3 is 15.0 Å². The molecule has 1 amide bonds. The third-order valence-corrected chi connectivity index (χ3v) is 6.63. The van der Waals surface area contributed by atoms with Gasteiger partial charge >= 0.3 is 0 Å². The standard InChI is InChI=1S/C25H31FN2O2/c1-19(20-9-11-21(12-10-20)28-15-5-2-6-16-28)27-24(29)25(13-17-30-18-14-25)22-7-3-4-8-23(22)26/h3-4,7-12,19H,2,5-6,13-18H2,1H3,(H,27,29)/t19-/m1/s1. The monoisotopic (exact) mass is 410 g/mol. The molecule has 2 aromatic carbocycles. The summed E-state index contributed by atoms with van der Waals surface area (Å²) in [5.41, 5.74) is 1.88. The van der Waals surface area contributed by atoms with Crippen molar-refractivity contribution in [3.05, 3.63) is 65.5 Å². The first-order valence-electron chi connectivity index (χ1n) is 11.1. The molecule has 5 heteroatoms. The number of nitrogens with zero attached hydrogens (tertiary/aromatic N) is 1. The zero-order valence-electron chi connectivity index (χ0n) is 17.7. The first-order valence-corrected chi connectivity index (χ1v) is 11.1. The number of rotatable bonds is 5. The molecular weight excluding hydrogens is 379 g/mol. The van der Waals surface area contributed by atoms with Crippen LogP contribution in [0.1, 0.15) is 56.2 Å². The van der Waals surface area contributed by atoms with Gasteiger partial charge in [-0.25, -0.2) is 4.39 Å². The first-order chi connectivity index (χ1) is 14.6. The topological polar surface area (TPSA) is 41.6 Å². The van der Waals surface area contributed by atoms with Gasteiger partial charge in [0.1, 0.15) is 5.82 Å². The first kappa shape index (κ1) is 20.9. The van der Waals surface area contributed by atoms with E-state index in [4.69, 9.17) is 4.74 Å². The van der Waals surface area contributed by atoms with E-state index in [2.05, 4.69) is 34.5 Å². The molecular formula is C25H31FN2O2. The highest BCUT2D eigenvalue weighted by molar-refractivity contribution is 5.88. The van der Waals surface area contributed by atoms with Gasteiger partial charge in [-0.05, 0) is 62.8 Å². The maximum Gasteiger partial charge on any atom is 0.231 e. The Balaban J connectivity index is 1.50. The van der Waals surface area contributed by atoms with E-state index in [-0.39, 0.29) is 17.8 Å². The fourth-order valence-electron chi connectivity index (χ4n) is 4.73. The van der Waals surface area contributed by atoms with Gasteiger partial charge in [0, 0.05) is 37.6 Å². The SMILES string of the molecule is C[C@@H](NC(=O)C1(c2ccccc2F)CCOCC1)c1ccc(N2CCCCC2)cc1. The average Bonchev–Trinajstić information content (AvgIpc) is 2.80. The number of benzene rings is 2. The van der Waals surface area contributed by atoms with Crippen LogP contribution in [0.15, 0.2) is 48.5 Å². The molecule has 2 aromatic rings. The number of carbonyl (C=O) groups is 1. The van der Waals surface area contributed by atoms with E-state index in [0.717, 1.165) is 18.7 Å². The van der Waals surface area contributed by atoms with Crippen molar-refractivity contribution in [1.29, 1.82) is 0 Å². The van der Waals surface area contributed by atoms with E-state index in [9.17, 15) is 9.18 Å². The molecule has 1 N–H and O–H groups in total. The van der Waals surface area contributed by atoms with E-state index in [1.807, 2.05) is 6.92 Å². The summed E-state index contributed by atoms with van der Waals surface area (Å²) in [6.45, 7) is 5.13. The predicted octanol–water partition coefficient (Wildman–Crippen LogP) is 4.74. The molecule has 2 saturated heterocycles. The van der Waals surface area contributed by atoms with Gasteiger partial charge in [-0.2, -0.15) is 0 Å². The lowest BCUT2D eigenvalue weighted by Crippen LogP contribution is -2.49. The van der Waals surface area contributed by atoms with Crippen LogP contribution in [0.2, 0.25) is 0 Å². The van der Waals surface area contributed by atoms with Gasteiger partial charge in [0.25, 0.3) is 0 Å². The Bertz CT molecular complexity index is 856. The molecule has 0 unspecified atom stereocenters. The summed E-state index contributed by atoms with van der Waals surface area (Å²) in [6.07, 6.45) is 4.78. The van der Waals surface area contributed by atoms with Crippen LogP contribution >= 0.6 is 0 Å². The third-order valence-electron chi connectivity index (χ3n) is 6.63. The number of piperidine rings is 1. The van der Waals surface area contributed by atoms with Crippen LogP contribution in [-0.2, 0) is 14.9 Å². The number of carbonyl (C=O) groups excluding carboxylic acids is 1. The minimum atomic E-state index is -0.883. The van der Waals surface area contributed by atoms with Crippen LogP contribution in [0.3, 0.4) is 0 Å². The summed E-state index contributed by atoms with van der Waals surface area (Å²) in [6, 6.07) is 14.9. The summed E-state index contributed by atoms with van der Waals surface area (Å²) in [5, 5.41) is 3.16. The molecule has 0 saturated carbocycles. The number of nitrogens with one attached hydrogen (secondary N) is 1. The molecule has 2 aliphatic heterocycles. The molecule has 160 valence electrons. The van der Waals surface area contributed by atoms with E-state index < -0.39 is 5.41 Å². The Morgan fingerprint density at radius 1 is 1.03 bits per heavy atom. The highest BCUT2D eigenvalue weighted by atomic mass is 19.1. The van der Waals surface area contributed by atoms with Crippen LogP contribution in [0, 0.1) is 5.82 Å². The smallest absolute Gasteiger partial charge is 0.231 e. The minimum Gasteiger partial charge on any atom is -0.381 e. The van der Waals surface area contributed by atoms with Crippen molar-refractivity contribution in [2.75, 3.05) is 31.2 Å². The van der Waals surface area contributed by atoms with Crippen molar-refractivity contribution >= 4 is 11.6 Å². The van der Waals surface area contributed by atoms with E-state index >= 15 is 0 Å². The number of hydrogen-bond acceptors (Lipinski definition) is 3. The maximum atomic E-state index is 14.6. The molecule has 2 fully saturated rings. The zero-order valence-corrected chi connectivity index (χ0v) is 17.7. The van der Waals surface area contributed by atoms with Crippen LogP contribution in [0.25, 0.3) is 0 Å². The average molecular weight is 411 g/mol. The molecule has 0 spiro atoms. The zero-order chi connectivity index (χ0) is 21.0. The molecule has 4 rings (SSSR count). The van der Waals surface area contributed by atoms with Crippen LogP contribution < -0.4 is 10.2 Å². The minimum absolute atomic E-state index is 0.122. The molecule has 2 heterocycles. The van der Waals surface area contributed by atoms with Crippen LogP contribution in [0.5, 0.6) is 0 Å². The number of amides is 1. The summed E-state index contributed by atoms with van der Waals surface area (Å²) in [4.78, 5) is 15.9. The van der Waals surface area contributed by atoms with E-state index in [1.54, 1.807) is 18.2 Å². The third kappa shape index (κ3) is 4.22. The van der Waals surface area contributed by atoms with Gasteiger partial charge in [-0.15, -0.1) is 0 Å². The molecule has 0 bridgehead atoms. The fourth-order valence-corrected chi connectivity index (χ4v) is 4.73. The Hall–Kier alpha value is -2.40. The normalized spacial score (nSPS) is 19.9. The van der Waals surface area contributed by atoms with Crippen molar-refractivity contribution in [3.63, 3.8) is 0 Å². The van der Waals surface area contributed by atoms with Gasteiger partial charge in [0.05, 0.1) is 11.5 Å². The van der Waals surface area contributed by atoms with Gasteiger partial charge in [0.2, 0.25) is 5.91 Å². The Morgan fingerprint density at radius 3 is 2.37 bits per heavy atom. The van der Waals surface area contributed by atoms with Crippen molar-refractivity contribution < 1.29 is 13.9 Å². The van der Waals surface area contributed by atoms with Crippen molar-refractivity contribution in [1.82, 2.24) is 5.32 Å². The lowest BCUT2D eigenvalue weighted by molar-refractivity contribution is -0.131. The molecule has 0 radical (unpaired) electrons. The Morgan fingerprint density at radius 2 is 1.70 bits per heavy atom. The second kappa shape index (κ2) is 9.17. The van der Waals surface area contributed by atoms with Crippen molar-refractivity contribution in [3.8, 4) is 0 Å². The molecule has 1 atom stereocenters.